The number of aryl methyl sites for hydroxylation is 1. The molecule has 4 rings (SSSR count). The van der Waals surface area contributed by atoms with Crippen molar-refractivity contribution in [3.8, 4) is 0 Å². The van der Waals surface area contributed by atoms with Gasteiger partial charge < -0.3 is 10.0 Å². The molecule has 29 heavy (non-hydrogen) atoms. The van der Waals surface area contributed by atoms with E-state index in [1.54, 1.807) is 11.8 Å². The fraction of sp³-hybridized carbons (Fsp3) is 0.160. The van der Waals surface area contributed by atoms with E-state index in [-0.39, 0.29) is 0 Å². The van der Waals surface area contributed by atoms with Crippen LogP contribution in [0, 0.1) is 6.92 Å². The monoisotopic (exact) mass is 400 g/mol. The normalized spacial score (nSPS) is 21.0. The van der Waals surface area contributed by atoms with Crippen LogP contribution in [0.1, 0.15) is 18.1 Å². The molecule has 1 aliphatic heterocycles. The van der Waals surface area contributed by atoms with Gasteiger partial charge in [0.15, 0.2) is 5.72 Å². The molecule has 1 N–H and O–H groups in total. The molecule has 1 saturated heterocycles. The van der Waals surface area contributed by atoms with Crippen molar-refractivity contribution in [3.63, 3.8) is 0 Å². The van der Waals surface area contributed by atoms with E-state index in [1.807, 2.05) is 84.6 Å². The number of para-hydroxylation sites is 1. The molecule has 3 aromatic carbocycles. The maximum Gasteiger partial charge on any atom is 0.178 e. The molecule has 1 aliphatic rings. The van der Waals surface area contributed by atoms with Crippen LogP contribution in [0.15, 0.2) is 101 Å². The first kappa shape index (κ1) is 19.5. The Hall–Kier alpha value is -2.82. The summed E-state index contributed by atoms with van der Waals surface area (Å²) in [5.41, 5.74) is 3.77. The molecule has 0 aliphatic carbocycles. The highest BCUT2D eigenvalue weighted by Crippen LogP contribution is 2.47. The van der Waals surface area contributed by atoms with Crippen LogP contribution in [-0.2, 0) is 5.72 Å². The molecule has 3 nitrogen and oxygen atoms in total. The fourth-order valence-corrected chi connectivity index (χ4v) is 4.75. The predicted molar refractivity (Wildman–Crippen MR) is 124 cm³/mol. The summed E-state index contributed by atoms with van der Waals surface area (Å²) in [5, 5.41) is 12.7. The summed E-state index contributed by atoms with van der Waals surface area (Å²) in [7, 11) is 0. The number of aliphatic hydroxyl groups is 1. The third kappa shape index (κ3) is 4.14. The Morgan fingerprint density at radius 1 is 0.966 bits per heavy atom. The van der Waals surface area contributed by atoms with Crippen molar-refractivity contribution in [2.24, 2.45) is 4.99 Å². The molecule has 0 unspecified atom stereocenters. The highest BCUT2D eigenvalue weighted by Gasteiger charge is 2.44. The zero-order chi connectivity index (χ0) is 20.3. The second kappa shape index (κ2) is 8.27. The van der Waals surface area contributed by atoms with Crippen LogP contribution < -0.4 is 4.90 Å². The number of rotatable bonds is 4. The summed E-state index contributed by atoms with van der Waals surface area (Å²) in [6.45, 7) is 4.07. The highest BCUT2D eigenvalue weighted by molar-refractivity contribution is 8.03. The second-order valence-corrected chi connectivity index (χ2v) is 8.21. The van der Waals surface area contributed by atoms with Crippen molar-refractivity contribution in [2.45, 2.75) is 19.6 Å². The minimum atomic E-state index is -1.11. The quantitative estimate of drug-likeness (QED) is 0.543. The Morgan fingerprint density at radius 3 is 2.24 bits per heavy atom. The second-order valence-electron chi connectivity index (χ2n) is 7.21. The molecule has 0 saturated carbocycles. The number of hydrogen-bond acceptors (Lipinski definition) is 4. The number of aliphatic imine (C=N–C) groups is 1. The van der Waals surface area contributed by atoms with Gasteiger partial charge in [0.1, 0.15) is 0 Å². The lowest BCUT2D eigenvalue weighted by molar-refractivity contribution is 0.0721. The van der Waals surface area contributed by atoms with Crippen LogP contribution in [-0.4, -0.2) is 16.6 Å². The summed E-state index contributed by atoms with van der Waals surface area (Å²) in [6, 6.07) is 28.1. The number of thioether (sulfide) groups is 1. The van der Waals surface area contributed by atoms with Crippen LogP contribution >= 0.6 is 11.8 Å². The van der Waals surface area contributed by atoms with Gasteiger partial charge in [0.25, 0.3) is 0 Å². The van der Waals surface area contributed by atoms with Crippen molar-refractivity contribution in [2.75, 3.05) is 10.7 Å². The number of hydrogen-bond donors (Lipinski definition) is 1. The third-order valence-electron chi connectivity index (χ3n) is 4.93. The van der Waals surface area contributed by atoms with E-state index in [0.29, 0.717) is 5.75 Å². The molecule has 4 heteroatoms. The maximum absolute atomic E-state index is 11.7. The standard InChI is InChI=1S/C25H24N2OS/c1-19-13-15-22(16-14-19)26-20(2)17-24-27(23-11-7-4-8-12-23)25(28,18-29-24)21-9-5-3-6-10-21/h3-17,28H,18H2,1-2H3/b24-17-,26-20?/t25-/m1/s1. The van der Waals surface area contributed by atoms with Crippen LogP contribution in [0.2, 0.25) is 0 Å². The molecule has 0 amide bonds. The average molecular weight is 401 g/mol. The molecule has 1 heterocycles. The Morgan fingerprint density at radius 2 is 1.59 bits per heavy atom. The Labute approximate surface area is 176 Å². The minimum absolute atomic E-state index is 0.551. The minimum Gasteiger partial charge on any atom is -0.366 e. The molecular formula is C25H24N2OS. The lowest BCUT2D eigenvalue weighted by Crippen LogP contribution is -2.42. The van der Waals surface area contributed by atoms with Gasteiger partial charge in [-0.3, -0.25) is 4.99 Å². The van der Waals surface area contributed by atoms with Crippen molar-refractivity contribution in [1.29, 1.82) is 0 Å². The largest absolute Gasteiger partial charge is 0.366 e. The topological polar surface area (TPSA) is 35.8 Å². The van der Waals surface area contributed by atoms with E-state index in [2.05, 4.69) is 25.1 Å². The van der Waals surface area contributed by atoms with Crippen molar-refractivity contribution in [3.05, 3.63) is 107 Å². The van der Waals surface area contributed by atoms with Crippen molar-refractivity contribution >= 4 is 28.8 Å². The number of allylic oxidation sites excluding steroid dienone is 1. The van der Waals surface area contributed by atoms with E-state index in [4.69, 9.17) is 4.99 Å². The molecule has 0 spiro atoms. The van der Waals surface area contributed by atoms with Crippen LogP contribution in [0.5, 0.6) is 0 Å². The van der Waals surface area contributed by atoms with E-state index in [9.17, 15) is 5.11 Å². The van der Waals surface area contributed by atoms with Crippen molar-refractivity contribution in [1.82, 2.24) is 0 Å². The summed E-state index contributed by atoms with van der Waals surface area (Å²) in [4.78, 5) is 6.75. The molecule has 0 radical (unpaired) electrons. The van der Waals surface area contributed by atoms with Gasteiger partial charge in [-0.15, -0.1) is 11.8 Å². The lowest BCUT2D eigenvalue weighted by atomic mass is 10.0. The Kier molecular flexibility index (Phi) is 5.56. The maximum atomic E-state index is 11.7. The first-order valence-corrected chi connectivity index (χ1v) is 10.6. The number of benzene rings is 3. The molecule has 0 bridgehead atoms. The Balaban J connectivity index is 1.74. The smallest absolute Gasteiger partial charge is 0.178 e. The molecular weight excluding hydrogens is 376 g/mol. The van der Waals surface area contributed by atoms with Gasteiger partial charge in [0, 0.05) is 17.0 Å². The average Bonchev–Trinajstić information content (AvgIpc) is 3.08. The van der Waals surface area contributed by atoms with Gasteiger partial charge in [0.05, 0.1) is 16.5 Å². The molecule has 3 aromatic rings. The van der Waals surface area contributed by atoms with Gasteiger partial charge in [-0.25, -0.2) is 0 Å². The molecule has 1 fully saturated rings. The highest BCUT2D eigenvalue weighted by atomic mass is 32.2. The molecule has 146 valence electrons. The Bertz CT molecular complexity index is 1030. The zero-order valence-electron chi connectivity index (χ0n) is 16.6. The van der Waals surface area contributed by atoms with Crippen LogP contribution in [0.3, 0.4) is 0 Å². The lowest BCUT2D eigenvalue weighted by Gasteiger charge is -2.35. The first-order valence-electron chi connectivity index (χ1n) is 9.66. The summed E-state index contributed by atoms with van der Waals surface area (Å²) in [6.07, 6.45) is 2.05. The van der Waals surface area contributed by atoms with E-state index in [1.165, 1.54) is 5.56 Å². The summed E-state index contributed by atoms with van der Waals surface area (Å²) >= 11 is 1.64. The van der Waals surface area contributed by atoms with Crippen LogP contribution in [0.4, 0.5) is 11.4 Å². The number of nitrogens with zero attached hydrogens (tertiary/aromatic N) is 2. The van der Waals surface area contributed by atoms with E-state index < -0.39 is 5.72 Å². The number of anilines is 1. The SMILES string of the molecule is CC(/C=C1\SC[C@@](O)(c2ccccc2)N1c1ccccc1)=Nc1ccc(C)cc1. The summed E-state index contributed by atoms with van der Waals surface area (Å²) < 4.78 is 0. The summed E-state index contributed by atoms with van der Waals surface area (Å²) in [5.74, 6) is 0.551. The fourth-order valence-electron chi connectivity index (χ4n) is 3.46. The van der Waals surface area contributed by atoms with Crippen LogP contribution in [0.25, 0.3) is 0 Å². The first-order chi connectivity index (χ1) is 14.1. The van der Waals surface area contributed by atoms with Gasteiger partial charge in [0.2, 0.25) is 0 Å². The van der Waals surface area contributed by atoms with E-state index >= 15 is 0 Å². The van der Waals surface area contributed by atoms with E-state index in [0.717, 1.165) is 27.7 Å². The molecule has 1 atom stereocenters. The zero-order valence-corrected chi connectivity index (χ0v) is 17.4. The third-order valence-corrected chi connectivity index (χ3v) is 6.08. The van der Waals surface area contributed by atoms with Crippen molar-refractivity contribution < 1.29 is 5.11 Å². The van der Waals surface area contributed by atoms with Gasteiger partial charge in [-0.1, -0.05) is 66.2 Å². The van der Waals surface area contributed by atoms with Gasteiger partial charge >= 0.3 is 0 Å². The molecule has 0 aromatic heterocycles. The van der Waals surface area contributed by atoms with Gasteiger partial charge in [-0.2, -0.15) is 0 Å². The van der Waals surface area contributed by atoms with Gasteiger partial charge in [-0.05, 0) is 44.2 Å². The predicted octanol–water partition coefficient (Wildman–Crippen LogP) is 6.03.